The van der Waals surface area contributed by atoms with Crippen molar-refractivity contribution in [1.29, 1.82) is 0 Å². The van der Waals surface area contributed by atoms with Gasteiger partial charge in [-0.2, -0.15) is 0 Å². The summed E-state index contributed by atoms with van der Waals surface area (Å²) in [7, 11) is 0. The first-order valence-electron chi connectivity index (χ1n) is 6.06. The second-order valence-electron chi connectivity index (χ2n) is 4.50. The van der Waals surface area contributed by atoms with Crippen LogP contribution < -0.4 is 10.6 Å². The lowest BCUT2D eigenvalue weighted by molar-refractivity contribution is 0.627. The Morgan fingerprint density at radius 1 is 1.00 bits per heavy atom. The van der Waals surface area contributed by atoms with Crippen LogP contribution in [0.15, 0.2) is 36.4 Å². The fourth-order valence-corrected chi connectivity index (χ4v) is 2.26. The van der Waals surface area contributed by atoms with Crippen LogP contribution in [0.4, 0.5) is 15.8 Å². The van der Waals surface area contributed by atoms with E-state index in [1.54, 1.807) is 12.1 Å². The van der Waals surface area contributed by atoms with Gasteiger partial charge in [0.25, 0.3) is 0 Å². The fourth-order valence-electron chi connectivity index (χ4n) is 1.81. The molecule has 0 heterocycles. The summed E-state index contributed by atoms with van der Waals surface area (Å²) in [6, 6.07) is 10.0. The number of benzene rings is 2. The lowest BCUT2D eigenvalue weighted by Gasteiger charge is -2.14. The van der Waals surface area contributed by atoms with Gasteiger partial charge in [0, 0.05) is 16.4 Å². The Labute approximate surface area is 128 Å². The van der Waals surface area contributed by atoms with E-state index in [0.717, 1.165) is 22.5 Å². The Morgan fingerprint density at radius 2 is 1.55 bits per heavy atom. The van der Waals surface area contributed by atoms with Gasteiger partial charge in [-0.05, 0) is 73.6 Å². The second kappa shape index (κ2) is 6.20. The molecule has 2 N–H and O–H groups in total. The summed E-state index contributed by atoms with van der Waals surface area (Å²) in [5.41, 5.74) is 3.45. The van der Waals surface area contributed by atoms with Gasteiger partial charge in [0.05, 0.1) is 0 Å². The van der Waals surface area contributed by atoms with Crippen LogP contribution >= 0.6 is 23.8 Å². The highest BCUT2D eigenvalue weighted by molar-refractivity contribution is 7.80. The smallest absolute Gasteiger partial charge is 0.175 e. The lowest BCUT2D eigenvalue weighted by Crippen LogP contribution is -2.20. The molecule has 0 bridgehead atoms. The minimum atomic E-state index is -0.263. The molecule has 2 aromatic carbocycles. The van der Waals surface area contributed by atoms with E-state index in [1.807, 2.05) is 26.0 Å². The number of hydrogen-bond acceptors (Lipinski definition) is 1. The van der Waals surface area contributed by atoms with Gasteiger partial charge in [-0.3, -0.25) is 0 Å². The van der Waals surface area contributed by atoms with Crippen LogP contribution in [0.25, 0.3) is 0 Å². The molecule has 0 aromatic heterocycles. The quantitative estimate of drug-likeness (QED) is 0.771. The standard InChI is InChI=1S/C15H14ClFN2S/c1-9-7-11(16)3-5-13(9)18-15(20)19-14-6-4-12(17)8-10(14)2/h3-8H,1-2H3,(H2,18,19,20). The van der Waals surface area contributed by atoms with Gasteiger partial charge in [0.1, 0.15) is 5.82 Å². The molecule has 5 heteroatoms. The van der Waals surface area contributed by atoms with E-state index in [1.165, 1.54) is 12.1 Å². The topological polar surface area (TPSA) is 24.1 Å². The Bertz CT molecular complexity index is 603. The Morgan fingerprint density at radius 3 is 2.10 bits per heavy atom. The first-order valence-corrected chi connectivity index (χ1v) is 6.84. The van der Waals surface area contributed by atoms with Crippen molar-refractivity contribution in [2.45, 2.75) is 13.8 Å². The van der Waals surface area contributed by atoms with Crippen molar-refractivity contribution in [3.8, 4) is 0 Å². The van der Waals surface area contributed by atoms with Crippen LogP contribution in [0.5, 0.6) is 0 Å². The SMILES string of the molecule is Cc1cc(F)ccc1NC(=S)Nc1ccc(Cl)cc1C. The van der Waals surface area contributed by atoms with E-state index in [-0.39, 0.29) is 5.82 Å². The first kappa shape index (κ1) is 14.8. The number of rotatable bonds is 2. The van der Waals surface area contributed by atoms with Crippen LogP contribution in [0.1, 0.15) is 11.1 Å². The van der Waals surface area contributed by atoms with Crippen LogP contribution in [0.3, 0.4) is 0 Å². The molecular formula is C15H14ClFN2S. The number of nitrogens with one attached hydrogen (secondary N) is 2. The highest BCUT2D eigenvalue weighted by Crippen LogP contribution is 2.20. The third kappa shape index (κ3) is 3.68. The van der Waals surface area contributed by atoms with Crippen molar-refractivity contribution >= 4 is 40.3 Å². The summed E-state index contributed by atoms with van der Waals surface area (Å²) >= 11 is 11.2. The molecule has 104 valence electrons. The van der Waals surface area contributed by atoms with Gasteiger partial charge >= 0.3 is 0 Å². The maximum absolute atomic E-state index is 13.0. The van der Waals surface area contributed by atoms with Gasteiger partial charge in [-0.15, -0.1) is 0 Å². The number of hydrogen-bond donors (Lipinski definition) is 2. The minimum absolute atomic E-state index is 0.263. The summed E-state index contributed by atoms with van der Waals surface area (Å²) < 4.78 is 13.0. The largest absolute Gasteiger partial charge is 0.332 e. The van der Waals surface area contributed by atoms with E-state index in [4.69, 9.17) is 23.8 Å². The van der Waals surface area contributed by atoms with Crippen molar-refractivity contribution in [3.63, 3.8) is 0 Å². The average molecular weight is 309 g/mol. The molecule has 2 nitrogen and oxygen atoms in total. The van der Waals surface area contributed by atoms with Crippen molar-refractivity contribution in [1.82, 2.24) is 0 Å². The number of thiocarbonyl (C=S) groups is 1. The van der Waals surface area contributed by atoms with E-state index < -0.39 is 0 Å². The Kier molecular flexibility index (Phi) is 4.57. The van der Waals surface area contributed by atoms with E-state index in [9.17, 15) is 4.39 Å². The lowest BCUT2D eigenvalue weighted by atomic mass is 10.2. The van der Waals surface area contributed by atoms with Crippen molar-refractivity contribution in [2.75, 3.05) is 10.6 Å². The molecule has 0 atom stereocenters. The van der Waals surface area contributed by atoms with Crippen LogP contribution in [-0.4, -0.2) is 5.11 Å². The monoisotopic (exact) mass is 308 g/mol. The molecule has 0 aliphatic heterocycles. The predicted octanol–water partition coefficient (Wildman–Crippen LogP) is 4.90. The molecule has 0 spiro atoms. The number of aryl methyl sites for hydroxylation is 2. The predicted molar refractivity (Wildman–Crippen MR) is 87.2 cm³/mol. The summed E-state index contributed by atoms with van der Waals surface area (Å²) in [5, 5.41) is 7.28. The molecule has 0 unspecified atom stereocenters. The summed E-state index contributed by atoms with van der Waals surface area (Å²) in [6.07, 6.45) is 0. The van der Waals surface area contributed by atoms with Crippen LogP contribution in [-0.2, 0) is 0 Å². The van der Waals surface area contributed by atoms with Gasteiger partial charge in [0.2, 0.25) is 0 Å². The normalized spacial score (nSPS) is 10.2. The average Bonchev–Trinajstić information content (AvgIpc) is 2.36. The summed E-state index contributed by atoms with van der Waals surface area (Å²) in [5.74, 6) is -0.263. The highest BCUT2D eigenvalue weighted by atomic mass is 35.5. The molecule has 0 amide bonds. The number of halogens is 2. The summed E-state index contributed by atoms with van der Waals surface area (Å²) in [4.78, 5) is 0. The zero-order valence-corrected chi connectivity index (χ0v) is 12.7. The van der Waals surface area contributed by atoms with Crippen LogP contribution in [0.2, 0.25) is 5.02 Å². The van der Waals surface area contributed by atoms with Gasteiger partial charge in [-0.1, -0.05) is 11.6 Å². The summed E-state index contributed by atoms with van der Waals surface area (Å²) in [6.45, 7) is 3.77. The van der Waals surface area contributed by atoms with Gasteiger partial charge < -0.3 is 10.6 Å². The zero-order chi connectivity index (χ0) is 14.7. The van der Waals surface area contributed by atoms with Crippen LogP contribution in [0, 0.1) is 19.7 Å². The second-order valence-corrected chi connectivity index (χ2v) is 5.34. The molecule has 2 aromatic rings. The molecule has 2 rings (SSSR count). The molecule has 0 saturated heterocycles. The van der Waals surface area contributed by atoms with E-state index in [0.29, 0.717) is 10.1 Å². The van der Waals surface area contributed by atoms with Gasteiger partial charge in [0.15, 0.2) is 5.11 Å². The van der Waals surface area contributed by atoms with Crippen molar-refractivity contribution in [3.05, 3.63) is 58.4 Å². The Balaban J connectivity index is 2.09. The maximum Gasteiger partial charge on any atom is 0.175 e. The van der Waals surface area contributed by atoms with Crippen molar-refractivity contribution in [2.24, 2.45) is 0 Å². The number of anilines is 2. The molecular weight excluding hydrogens is 295 g/mol. The molecule has 0 radical (unpaired) electrons. The maximum atomic E-state index is 13.0. The first-order chi connectivity index (χ1) is 9.45. The third-order valence-electron chi connectivity index (χ3n) is 2.87. The minimum Gasteiger partial charge on any atom is -0.332 e. The Hall–Kier alpha value is -1.65. The van der Waals surface area contributed by atoms with E-state index in [2.05, 4.69) is 10.6 Å². The molecule has 0 fully saturated rings. The van der Waals surface area contributed by atoms with Crippen molar-refractivity contribution < 1.29 is 4.39 Å². The fraction of sp³-hybridized carbons (Fsp3) is 0.133. The zero-order valence-electron chi connectivity index (χ0n) is 11.1. The van der Waals surface area contributed by atoms with Gasteiger partial charge in [-0.25, -0.2) is 4.39 Å². The highest BCUT2D eigenvalue weighted by Gasteiger charge is 2.05. The molecule has 20 heavy (non-hydrogen) atoms. The molecule has 0 aliphatic rings. The third-order valence-corrected chi connectivity index (χ3v) is 3.31. The molecule has 0 aliphatic carbocycles. The molecule has 0 saturated carbocycles. The van der Waals surface area contributed by atoms with E-state index >= 15 is 0 Å².